The molecule has 0 saturated carbocycles. The second-order valence-corrected chi connectivity index (χ2v) is 9.01. The number of ether oxygens (including phenoxy) is 3. The number of nitrogens with zero attached hydrogens (tertiary/aromatic N) is 1. The molecule has 3 heterocycles. The van der Waals surface area contributed by atoms with Crippen molar-refractivity contribution >= 4 is 12.0 Å². The van der Waals surface area contributed by atoms with E-state index in [0.717, 1.165) is 60.8 Å². The molecule has 3 aromatic rings. The van der Waals surface area contributed by atoms with Crippen LogP contribution in [-0.2, 0) is 19.4 Å². The molecule has 7 heteroatoms. The van der Waals surface area contributed by atoms with E-state index in [1.54, 1.807) is 13.2 Å². The van der Waals surface area contributed by atoms with E-state index in [-0.39, 0.29) is 5.82 Å². The van der Waals surface area contributed by atoms with Crippen LogP contribution < -0.4 is 18.4 Å². The molecule has 1 unspecified atom stereocenters. The Morgan fingerprint density at radius 2 is 1.94 bits per heavy atom. The lowest BCUT2D eigenvalue weighted by atomic mass is 9.83. The molecule has 0 fully saturated rings. The van der Waals surface area contributed by atoms with Crippen molar-refractivity contribution < 1.29 is 22.8 Å². The van der Waals surface area contributed by atoms with E-state index in [9.17, 15) is 4.39 Å². The lowest BCUT2D eigenvalue weighted by molar-refractivity contribution is 0.158. The van der Waals surface area contributed by atoms with Gasteiger partial charge in [0.1, 0.15) is 5.82 Å². The van der Waals surface area contributed by atoms with Crippen LogP contribution in [-0.4, -0.2) is 25.3 Å². The molecular weight excluding hydrogens is 429 g/mol. The summed E-state index contributed by atoms with van der Waals surface area (Å²) in [5.41, 5.74) is 5.09. The molecule has 3 aliphatic rings. The molecule has 0 spiro atoms. The molecule has 164 valence electrons. The van der Waals surface area contributed by atoms with Gasteiger partial charge in [0, 0.05) is 24.7 Å². The zero-order chi connectivity index (χ0) is 21.7. The zero-order valence-electron chi connectivity index (χ0n) is 17.6. The Kier molecular flexibility index (Phi) is 4.88. The minimum absolute atomic E-state index is 0.282. The van der Waals surface area contributed by atoms with E-state index in [1.807, 2.05) is 12.1 Å². The van der Waals surface area contributed by atoms with Gasteiger partial charge in [0.15, 0.2) is 23.0 Å². The standard InChI is InChI=1S/C25H22FNO4S/c1-28-25-20-13-27-8-7-16-10-23-24(30-14-29-23)12-19(16)21(27)9-15(20)5-6-22(25)31-32-18-4-2-3-17(26)11-18/h2-6,10-12,21H,7-9,13-14H2,1H3. The van der Waals surface area contributed by atoms with E-state index in [0.29, 0.717) is 23.5 Å². The van der Waals surface area contributed by atoms with E-state index in [2.05, 4.69) is 23.1 Å². The first kappa shape index (κ1) is 19.8. The van der Waals surface area contributed by atoms with Crippen molar-refractivity contribution in [3.8, 4) is 23.0 Å². The third kappa shape index (κ3) is 3.36. The Balaban J connectivity index is 1.29. The second kappa shape index (κ2) is 7.90. The summed E-state index contributed by atoms with van der Waals surface area (Å²) in [6, 6.07) is 15.0. The third-order valence-electron chi connectivity index (χ3n) is 6.43. The molecule has 3 aliphatic heterocycles. The van der Waals surface area contributed by atoms with Crippen LogP contribution in [0, 0.1) is 5.82 Å². The van der Waals surface area contributed by atoms with E-state index < -0.39 is 0 Å². The predicted molar refractivity (Wildman–Crippen MR) is 119 cm³/mol. The van der Waals surface area contributed by atoms with Crippen molar-refractivity contribution in [1.82, 2.24) is 4.90 Å². The van der Waals surface area contributed by atoms with Crippen molar-refractivity contribution in [2.75, 3.05) is 20.4 Å². The Hall–Kier alpha value is -2.90. The quantitative estimate of drug-likeness (QED) is 0.501. The number of hydrogen-bond acceptors (Lipinski definition) is 6. The SMILES string of the molecule is COc1c(OSc2cccc(F)c2)ccc2c1CN1CCc3cc4c(cc3C1C2)OCO4. The zero-order valence-corrected chi connectivity index (χ0v) is 18.4. The summed E-state index contributed by atoms with van der Waals surface area (Å²) in [6.45, 7) is 2.06. The Morgan fingerprint density at radius 1 is 1.06 bits per heavy atom. The largest absolute Gasteiger partial charge is 0.492 e. The van der Waals surface area contributed by atoms with Crippen molar-refractivity contribution in [1.29, 1.82) is 0 Å². The summed E-state index contributed by atoms with van der Waals surface area (Å²) in [5, 5.41) is 0. The summed E-state index contributed by atoms with van der Waals surface area (Å²) < 4.78 is 36.4. The highest BCUT2D eigenvalue weighted by atomic mass is 32.2. The van der Waals surface area contributed by atoms with Crippen molar-refractivity contribution in [2.45, 2.75) is 30.3 Å². The van der Waals surface area contributed by atoms with E-state index in [1.165, 1.54) is 28.8 Å². The molecule has 0 radical (unpaired) electrons. The fraction of sp³-hybridized carbons (Fsp3) is 0.280. The van der Waals surface area contributed by atoms with Crippen LogP contribution in [0.5, 0.6) is 23.0 Å². The number of fused-ring (bicyclic) bond motifs is 5. The summed E-state index contributed by atoms with van der Waals surface area (Å²) in [7, 11) is 1.67. The summed E-state index contributed by atoms with van der Waals surface area (Å²) in [5.74, 6) is 2.82. The molecule has 3 aromatic carbocycles. The number of hydrogen-bond donors (Lipinski definition) is 0. The van der Waals surface area contributed by atoms with Crippen LogP contribution in [0.4, 0.5) is 4.39 Å². The van der Waals surface area contributed by atoms with Crippen LogP contribution >= 0.6 is 12.0 Å². The van der Waals surface area contributed by atoms with E-state index in [4.69, 9.17) is 18.4 Å². The van der Waals surface area contributed by atoms with Gasteiger partial charge in [0.05, 0.1) is 24.0 Å². The maximum absolute atomic E-state index is 13.5. The van der Waals surface area contributed by atoms with Crippen LogP contribution in [0.3, 0.4) is 0 Å². The number of halogens is 1. The maximum atomic E-state index is 13.5. The van der Waals surface area contributed by atoms with Crippen molar-refractivity contribution in [3.63, 3.8) is 0 Å². The van der Waals surface area contributed by atoms with Gasteiger partial charge < -0.3 is 18.4 Å². The highest BCUT2D eigenvalue weighted by molar-refractivity contribution is 7.95. The Labute approximate surface area is 190 Å². The van der Waals surface area contributed by atoms with Crippen LogP contribution in [0.2, 0.25) is 0 Å². The molecule has 0 saturated heterocycles. The van der Waals surface area contributed by atoms with Crippen LogP contribution in [0.15, 0.2) is 53.4 Å². The molecule has 6 rings (SSSR count). The van der Waals surface area contributed by atoms with Gasteiger partial charge in [0.25, 0.3) is 0 Å². The van der Waals surface area contributed by atoms with Gasteiger partial charge in [-0.2, -0.15) is 0 Å². The molecule has 0 bridgehead atoms. The summed E-state index contributed by atoms with van der Waals surface area (Å²) >= 11 is 1.13. The second-order valence-electron chi connectivity index (χ2n) is 8.20. The first-order valence-electron chi connectivity index (χ1n) is 10.6. The van der Waals surface area contributed by atoms with Gasteiger partial charge in [-0.25, -0.2) is 4.39 Å². The lowest BCUT2D eigenvalue weighted by Crippen LogP contribution is -2.39. The monoisotopic (exact) mass is 451 g/mol. The third-order valence-corrected chi connectivity index (χ3v) is 7.14. The maximum Gasteiger partial charge on any atom is 0.231 e. The fourth-order valence-electron chi connectivity index (χ4n) is 4.90. The number of methoxy groups -OCH3 is 1. The molecule has 0 aromatic heterocycles. The first-order valence-corrected chi connectivity index (χ1v) is 11.4. The lowest BCUT2D eigenvalue weighted by Gasteiger charge is -2.42. The van der Waals surface area contributed by atoms with E-state index >= 15 is 0 Å². The van der Waals surface area contributed by atoms with Gasteiger partial charge >= 0.3 is 0 Å². The number of rotatable bonds is 4. The molecule has 0 N–H and O–H groups in total. The minimum Gasteiger partial charge on any atom is -0.492 e. The average molecular weight is 452 g/mol. The smallest absolute Gasteiger partial charge is 0.231 e. The Morgan fingerprint density at radius 3 is 2.78 bits per heavy atom. The summed E-state index contributed by atoms with van der Waals surface area (Å²) in [4.78, 5) is 3.20. The van der Waals surface area contributed by atoms with Crippen LogP contribution in [0.1, 0.15) is 28.3 Å². The molecule has 0 amide bonds. The first-order chi connectivity index (χ1) is 15.7. The average Bonchev–Trinajstić information content (AvgIpc) is 3.27. The van der Waals surface area contributed by atoms with Crippen molar-refractivity contribution in [2.24, 2.45) is 0 Å². The highest BCUT2D eigenvalue weighted by Crippen LogP contribution is 2.47. The molecule has 0 aliphatic carbocycles. The normalized spacial score (nSPS) is 18.5. The molecular formula is C25H22FNO4S. The van der Waals surface area contributed by atoms with Crippen molar-refractivity contribution in [3.05, 3.63) is 76.6 Å². The van der Waals surface area contributed by atoms with Gasteiger partial charge in [-0.3, -0.25) is 4.90 Å². The Bertz CT molecular complexity index is 1200. The molecule has 32 heavy (non-hydrogen) atoms. The van der Waals surface area contributed by atoms with Gasteiger partial charge in [0.2, 0.25) is 6.79 Å². The van der Waals surface area contributed by atoms with Gasteiger partial charge in [-0.15, -0.1) is 0 Å². The van der Waals surface area contributed by atoms with Gasteiger partial charge in [-0.1, -0.05) is 12.1 Å². The highest BCUT2D eigenvalue weighted by Gasteiger charge is 2.35. The minimum atomic E-state index is -0.282. The number of benzene rings is 3. The summed E-state index contributed by atoms with van der Waals surface area (Å²) in [6.07, 6.45) is 1.88. The molecule has 5 nitrogen and oxygen atoms in total. The predicted octanol–water partition coefficient (Wildman–Crippen LogP) is 5.30. The van der Waals surface area contributed by atoms with Crippen LogP contribution in [0.25, 0.3) is 0 Å². The topological polar surface area (TPSA) is 40.2 Å². The van der Waals surface area contributed by atoms with Gasteiger partial charge in [-0.05, 0) is 65.9 Å². The fourth-order valence-corrected chi connectivity index (χ4v) is 5.51. The molecule has 1 atom stereocenters.